The summed E-state index contributed by atoms with van der Waals surface area (Å²) in [6.45, 7) is 8.42. The molecular weight excluding hydrogens is 256 g/mol. The van der Waals surface area contributed by atoms with Crippen molar-refractivity contribution in [1.82, 2.24) is 14.5 Å². The number of fused-ring (bicyclic) bond motifs is 1. The lowest BCUT2D eigenvalue weighted by Gasteiger charge is -2.15. The van der Waals surface area contributed by atoms with E-state index in [0.717, 1.165) is 23.6 Å². The zero-order chi connectivity index (χ0) is 13.9. The van der Waals surface area contributed by atoms with E-state index in [1.807, 2.05) is 23.9 Å². The zero-order valence-electron chi connectivity index (χ0n) is 12.1. The highest BCUT2D eigenvalue weighted by atomic mass is 28.3. The van der Waals surface area contributed by atoms with Gasteiger partial charge in [0.2, 0.25) is 0 Å². The fraction of sp³-hybridized carbons (Fsp3) is 0.538. The van der Waals surface area contributed by atoms with Gasteiger partial charge in [0.05, 0.1) is 6.20 Å². The molecular formula is C13H22N4OSi. The Kier molecular flexibility index (Phi) is 4.21. The molecule has 0 aliphatic heterocycles. The highest BCUT2D eigenvalue weighted by molar-refractivity contribution is 6.76. The second-order valence-corrected chi connectivity index (χ2v) is 11.5. The van der Waals surface area contributed by atoms with E-state index in [1.54, 1.807) is 6.20 Å². The van der Waals surface area contributed by atoms with Gasteiger partial charge in [0, 0.05) is 27.9 Å². The quantitative estimate of drug-likeness (QED) is 0.652. The van der Waals surface area contributed by atoms with Crippen molar-refractivity contribution in [3.63, 3.8) is 0 Å². The van der Waals surface area contributed by atoms with Crippen molar-refractivity contribution < 1.29 is 4.74 Å². The molecule has 19 heavy (non-hydrogen) atoms. The van der Waals surface area contributed by atoms with Gasteiger partial charge in [0.1, 0.15) is 18.1 Å². The third kappa shape index (κ3) is 3.78. The Morgan fingerprint density at radius 3 is 2.84 bits per heavy atom. The van der Waals surface area contributed by atoms with Crippen LogP contribution in [-0.4, -0.2) is 36.3 Å². The van der Waals surface area contributed by atoms with E-state index in [0.29, 0.717) is 6.73 Å². The van der Waals surface area contributed by atoms with Crippen molar-refractivity contribution in [1.29, 1.82) is 0 Å². The molecule has 2 aromatic rings. The Morgan fingerprint density at radius 1 is 1.37 bits per heavy atom. The maximum absolute atomic E-state index is 5.73. The number of rotatable bonds is 6. The van der Waals surface area contributed by atoms with Gasteiger partial charge in [0.25, 0.3) is 0 Å². The third-order valence-corrected chi connectivity index (χ3v) is 4.65. The minimum Gasteiger partial charge on any atom is -0.372 e. The molecule has 0 radical (unpaired) electrons. The molecule has 0 spiro atoms. The molecule has 0 amide bonds. The van der Waals surface area contributed by atoms with Gasteiger partial charge >= 0.3 is 0 Å². The normalized spacial score (nSPS) is 12.0. The molecule has 5 nitrogen and oxygen atoms in total. The molecule has 2 heterocycles. The summed E-state index contributed by atoms with van der Waals surface area (Å²) in [5.74, 6) is 0.782. The maximum atomic E-state index is 5.73. The van der Waals surface area contributed by atoms with Crippen LogP contribution in [0.15, 0.2) is 18.5 Å². The average molecular weight is 278 g/mol. The minimum atomic E-state index is -1.02. The highest BCUT2D eigenvalue weighted by Gasteiger charge is 2.12. The van der Waals surface area contributed by atoms with Gasteiger partial charge in [-0.15, -0.1) is 0 Å². The molecule has 2 aromatic heterocycles. The van der Waals surface area contributed by atoms with Crippen molar-refractivity contribution in [2.75, 3.05) is 19.0 Å². The summed E-state index contributed by atoms with van der Waals surface area (Å²) in [4.78, 5) is 8.84. The van der Waals surface area contributed by atoms with Gasteiger partial charge in [-0.2, -0.15) is 0 Å². The Morgan fingerprint density at radius 2 is 2.16 bits per heavy atom. The van der Waals surface area contributed by atoms with E-state index in [2.05, 4.69) is 34.9 Å². The first kappa shape index (κ1) is 14.0. The van der Waals surface area contributed by atoms with Crippen molar-refractivity contribution in [3.05, 3.63) is 18.5 Å². The highest BCUT2D eigenvalue weighted by Crippen LogP contribution is 2.14. The van der Waals surface area contributed by atoms with E-state index >= 15 is 0 Å². The lowest BCUT2D eigenvalue weighted by molar-refractivity contribution is 0.0899. The summed E-state index contributed by atoms with van der Waals surface area (Å²) in [5, 5.41) is 2.99. The fourth-order valence-corrected chi connectivity index (χ4v) is 2.48. The van der Waals surface area contributed by atoms with Gasteiger partial charge in [-0.1, -0.05) is 19.6 Å². The summed E-state index contributed by atoms with van der Waals surface area (Å²) < 4.78 is 7.73. The fourth-order valence-electron chi connectivity index (χ4n) is 1.73. The van der Waals surface area contributed by atoms with Crippen LogP contribution in [0.2, 0.25) is 25.7 Å². The molecule has 2 rings (SSSR count). The van der Waals surface area contributed by atoms with Gasteiger partial charge in [-0.3, -0.25) is 0 Å². The van der Waals surface area contributed by atoms with Crippen LogP contribution in [0, 0.1) is 0 Å². The summed E-state index contributed by atoms with van der Waals surface area (Å²) >= 11 is 0. The van der Waals surface area contributed by atoms with E-state index in [9.17, 15) is 0 Å². The molecule has 6 heteroatoms. The standard InChI is InChI=1S/C13H22N4OSi/c1-14-12-9-15-13-11(16-12)5-6-17(13)10-18-7-8-19(2,3)4/h5-6,9H,7-8,10H2,1-4H3,(H,14,16). The number of ether oxygens (including phenoxy) is 1. The van der Waals surface area contributed by atoms with Crippen LogP contribution in [0.3, 0.4) is 0 Å². The van der Waals surface area contributed by atoms with E-state index in [-0.39, 0.29) is 0 Å². The first-order chi connectivity index (χ1) is 8.99. The van der Waals surface area contributed by atoms with Crippen molar-refractivity contribution in [2.45, 2.75) is 32.4 Å². The zero-order valence-corrected chi connectivity index (χ0v) is 13.1. The molecule has 0 aromatic carbocycles. The van der Waals surface area contributed by atoms with Crippen LogP contribution < -0.4 is 5.32 Å². The first-order valence-corrected chi connectivity index (χ1v) is 10.3. The lowest BCUT2D eigenvalue weighted by Crippen LogP contribution is -2.22. The van der Waals surface area contributed by atoms with Crippen LogP contribution in [-0.2, 0) is 11.5 Å². The number of aromatic nitrogens is 3. The summed E-state index contributed by atoms with van der Waals surface area (Å²) in [7, 11) is 0.824. The number of nitrogens with zero attached hydrogens (tertiary/aromatic N) is 3. The molecule has 0 atom stereocenters. The maximum Gasteiger partial charge on any atom is 0.160 e. The average Bonchev–Trinajstić information content (AvgIpc) is 2.75. The molecule has 104 valence electrons. The van der Waals surface area contributed by atoms with Crippen LogP contribution in [0.4, 0.5) is 5.82 Å². The Labute approximate surface area is 115 Å². The van der Waals surface area contributed by atoms with Crippen molar-refractivity contribution in [2.24, 2.45) is 0 Å². The van der Waals surface area contributed by atoms with Crippen LogP contribution >= 0.6 is 0 Å². The lowest BCUT2D eigenvalue weighted by atomic mass is 10.5. The van der Waals surface area contributed by atoms with Gasteiger partial charge in [0.15, 0.2) is 5.65 Å². The largest absolute Gasteiger partial charge is 0.372 e. The molecule has 0 saturated heterocycles. The SMILES string of the molecule is CNc1cnc2c(ccn2COCC[Si](C)(C)C)n1. The second-order valence-electron chi connectivity index (χ2n) is 5.85. The minimum absolute atomic E-state index is 0.543. The Hall–Kier alpha value is -1.40. The molecule has 0 saturated carbocycles. The van der Waals surface area contributed by atoms with E-state index in [4.69, 9.17) is 4.74 Å². The predicted octanol–water partition coefficient (Wildman–Crippen LogP) is 2.79. The van der Waals surface area contributed by atoms with Gasteiger partial charge in [-0.05, 0) is 12.1 Å². The van der Waals surface area contributed by atoms with E-state index < -0.39 is 8.07 Å². The molecule has 0 aliphatic carbocycles. The number of hydrogen-bond acceptors (Lipinski definition) is 4. The molecule has 0 aliphatic rings. The van der Waals surface area contributed by atoms with E-state index in [1.165, 1.54) is 6.04 Å². The number of anilines is 1. The Balaban J connectivity index is 1.98. The van der Waals surface area contributed by atoms with Crippen molar-refractivity contribution in [3.8, 4) is 0 Å². The smallest absolute Gasteiger partial charge is 0.160 e. The monoisotopic (exact) mass is 278 g/mol. The summed E-state index contributed by atoms with van der Waals surface area (Å²) in [6.07, 6.45) is 3.71. The summed E-state index contributed by atoms with van der Waals surface area (Å²) in [5.41, 5.74) is 1.76. The Bertz CT molecular complexity index is 547. The van der Waals surface area contributed by atoms with Crippen molar-refractivity contribution >= 4 is 25.1 Å². The van der Waals surface area contributed by atoms with Crippen LogP contribution in [0.25, 0.3) is 11.2 Å². The predicted molar refractivity (Wildman–Crippen MR) is 81.2 cm³/mol. The molecule has 0 unspecified atom stereocenters. The molecule has 0 bridgehead atoms. The van der Waals surface area contributed by atoms with Crippen LogP contribution in [0.1, 0.15) is 0 Å². The summed E-state index contributed by atoms with van der Waals surface area (Å²) in [6, 6.07) is 3.15. The van der Waals surface area contributed by atoms with Gasteiger partial charge < -0.3 is 14.6 Å². The second kappa shape index (κ2) is 5.71. The third-order valence-electron chi connectivity index (χ3n) is 2.95. The first-order valence-electron chi connectivity index (χ1n) is 6.57. The molecule has 1 N–H and O–H groups in total. The topological polar surface area (TPSA) is 52.0 Å². The number of nitrogens with one attached hydrogen (secondary N) is 1. The number of hydrogen-bond donors (Lipinski definition) is 1. The van der Waals surface area contributed by atoms with Gasteiger partial charge in [-0.25, -0.2) is 9.97 Å². The molecule has 0 fully saturated rings. The van der Waals surface area contributed by atoms with Crippen LogP contribution in [0.5, 0.6) is 0 Å².